The molecule has 20 heavy (non-hydrogen) atoms. The molecule has 1 heterocycles. The third-order valence-corrected chi connectivity index (χ3v) is 7.30. The maximum absolute atomic E-state index is 12.3. The van der Waals surface area contributed by atoms with Gasteiger partial charge in [-0.1, -0.05) is 28.1 Å². The zero-order valence-corrected chi connectivity index (χ0v) is 14.6. The van der Waals surface area contributed by atoms with Gasteiger partial charge in [-0.2, -0.15) is 0 Å². The summed E-state index contributed by atoms with van der Waals surface area (Å²) in [5, 5.41) is 3.28. The average Bonchev–Trinajstić information content (AvgIpc) is 2.28. The first-order valence-corrected chi connectivity index (χ1v) is 9.30. The zero-order valence-electron chi connectivity index (χ0n) is 12.2. The summed E-state index contributed by atoms with van der Waals surface area (Å²) in [7, 11) is -3.06. The summed E-state index contributed by atoms with van der Waals surface area (Å²) in [4.78, 5) is 0. The quantitative estimate of drug-likeness (QED) is 0.898. The molecule has 1 aromatic carbocycles. The highest BCUT2D eigenvalue weighted by Gasteiger charge is 2.41. The molecule has 2 rings (SSSR count). The maximum Gasteiger partial charge on any atom is 0.155 e. The highest BCUT2D eigenvalue weighted by molar-refractivity contribution is 9.10. The largest absolute Gasteiger partial charge is 0.315 e. The van der Waals surface area contributed by atoms with Crippen molar-refractivity contribution >= 4 is 25.8 Å². The van der Waals surface area contributed by atoms with Crippen molar-refractivity contribution in [3.05, 3.63) is 34.3 Å². The molecule has 0 unspecified atom stereocenters. The number of benzene rings is 1. The van der Waals surface area contributed by atoms with Gasteiger partial charge in [0.2, 0.25) is 0 Å². The van der Waals surface area contributed by atoms with Crippen molar-refractivity contribution in [3.63, 3.8) is 0 Å². The number of halogens is 1. The van der Waals surface area contributed by atoms with E-state index in [9.17, 15) is 8.42 Å². The summed E-state index contributed by atoms with van der Waals surface area (Å²) >= 11 is 3.44. The zero-order chi connectivity index (χ0) is 15.0. The molecule has 3 nitrogen and oxygen atoms in total. The highest BCUT2D eigenvalue weighted by Crippen LogP contribution is 2.34. The van der Waals surface area contributed by atoms with E-state index in [1.807, 2.05) is 12.1 Å². The molecule has 0 spiro atoms. The minimum atomic E-state index is -3.06. The van der Waals surface area contributed by atoms with Gasteiger partial charge < -0.3 is 5.32 Å². The van der Waals surface area contributed by atoms with E-state index in [-0.39, 0.29) is 11.2 Å². The molecule has 0 amide bonds. The smallest absolute Gasteiger partial charge is 0.155 e. The van der Waals surface area contributed by atoms with Crippen LogP contribution in [-0.2, 0) is 15.3 Å². The van der Waals surface area contributed by atoms with Crippen LogP contribution < -0.4 is 5.32 Å². The Balaban J connectivity index is 2.16. The molecular weight excluding hydrogens is 338 g/mol. The lowest BCUT2D eigenvalue weighted by molar-refractivity contribution is 0.268. The summed E-state index contributed by atoms with van der Waals surface area (Å²) in [5.74, 6) is 0.244. The van der Waals surface area contributed by atoms with E-state index in [1.165, 1.54) is 5.56 Å². The molecule has 1 aliphatic heterocycles. The van der Waals surface area contributed by atoms with Gasteiger partial charge in [0.1, 0.15) is 0 Å². The van der Waals surface area contributed by atoms with Crippen LogP contribution in [0, 0.1) is 0 Å². The summed E-state index contributed by atoms with van der Waals surface area (Å²) in [5.41, 5.74) is 1.20. The van der Waals surface area contributed by atoms with Crippen molar-refractivity contribution in [2.45, 2.75) is 37.4 Å². The molecule has 1 saturated heterocycles. The van der Waals surface area contributed by atoms with Crippen LogP contribution in [0.25, 0.3) is 0 Å². The predicted molar refractivity (Wildman–Crippen MR) is 86.8 cm³/mol. The molecule has 1 N–H and O–H groups in total. The van der Waals surface area contributed by atoms with Gasteiger partial charge in [-0.05, 0) is 44.9 Å². The van der Waals surface area contributed by atoms with Crippen molar-refractivity contribution < 1.29 is 8.42 Å². The fourth-order valence-corrected chi connectivity index (χ4v) is 3.93. The molecule has 0 aromatic heterocycles. The van der Waals surface area contributed by atoms with Gasteiger partial charge in [0.15, 0.2) is 9.84 Å². The van der Waals surface area contributed by atoms with Crippen LogP contribution in [0.15, 0.2) is 28.7 Å². The normalized spacial score (nSPS) is 18.6. The molecule has 5 heteroatoms. The third kappa shape index (κ3) is 3.10. The van der Waals surface area contributed by atoms with E-state index < -0.39 is 14.6 Å². The number of hydrogen-bond acceptors (Lipinski definition) is 3. The Morgan fingerprint density at radius 1 is 1.20 bits per heavy atom. The summed E-state index contributed by atoms with van der Waals surface area (Å²) in [6.45, 7) is 7.03. The standard InChI is InChI=1S/C15H22BrNO2S/c1-14(2,3)20(18,19)9-8-15(10-17-11-15)12-4-6-13(16)7-5-12/h4-7,17H,8-11H2,1-3H3. The molecule has 0 bridgehead atoms. The Morgan fingerprint density at radius 2 is 1.75 bits per heavy atom. The Hall–Kier alpha value is -0.390. The fraction of sp³-hybridized carbons (Fsp3) is 0.600. The topological polar surface area (TPSA) is 46.2 Å². The predicted octanol–water partition coefficient (Wildman–Crippen LogP) is 2.89. The van der Waals surface area contributed by atoms with Gasteiger partial charge in [0, 0.05) is 23.0 Å². The van der Waals surface area contributed by atoms with Crippen LogP contribution in [0.3, 0.4) is 0 Å². The van der Waals surface area contributed by atoms with E-state index in [0.29, 0.717) is 6.42 Å². The van der Waals surface area contributed by atoms with Gasteiger partial charge in [0.05, 0.1) is 10.5 Å². The number of nitrogens with one attached hydrogen (secondary N) is 1. The minimum absolute atomic E-state index is 0.0288. The van der Waals surface area contributed by atoms with Gasteiger partial charge in [-0.3, -0.25) is 0 Å². The number of rotatable bonds is 4. The summed E-state index contributed by atoms with van der Waals surface area (Å²) in [6, 6.07) is 8.23. The van der Waals surface area contributed by atoms with Gasteiger partial charge in [-0.15, -0.1) is 0 Å². The molecule has 112 valence electrons. The molecule has 1 aliphatic rings. The van der Waals surface area contributed by atoms with Crippen LogP contribution in [0.4, 0.5) is 0 Å². The average molecular weight is 360 g/mol. The van der Waals surface area contributed by atoms with Crippen LogP contribution in [0.5, 0.6) is 0 Å². The molecular formula is C15H22BrNO2S. The van der Waals surface area contributed by atoms with Crippen LogP contribution in [0.2, 0.25) is 0 Å². The Bertz CT molecular complexity index is 569. The summed E-state index contributed by atoms with van der Waals surface area (Å²) in [6.07, 6.45) is 0.682. The first-order valence-electron chi connectivity index (χ1n) is 6.85. The number of sulfone groups is 1. The van der Waals surface area contributed by atoms with Gasteiger partial charge in [0.25, 0.3) is 0 Å². The molecule has 1 aromatic rings. The van der Waals surface area contributed by atoms with Crippen molar-refractivity contribution in [2.24, 2.45) is 0 Å². The monoisotopic (exact) mass is 359 g/mol. The lowest BCUT2D eigenvalue weighted by Crippen LogP contribution is -2.57. The second-order valence-electron chi connectivity index (χ2n) is 6.57. The van der Waals surface area contributed by atoms with Crippen molar-refractivity contribution in [1.29, 1.82) is 0 Å². The van der Waals surface area contributed by atoms with E-state index in [4.69, 9.17) is 0 Å². The first kappa shape index (κ1) is 16.0. The Kier molecular flexibility index (Phi) is 4.34. The Labute approximate surface area is 130 Å². The third-order valence-electron chi connectivity index (χ3n) is 4.17. The molecule has 0 radical (unpaired) electrons. The van der Waals surface area contributed by atoms with Crippen molar-refractivity contribution in [3.8, 4) is 0 Å². The Morgan fingerprint density at radius 3 is 2.15 bits per heavy atom. The fourth-order valence-electron chi connectivity index (χ4n) is 2.39. The van der Waals surface area contributed by atoms with Crippen molar-refractivity contribution in [2.75, 3.05) is 18.8 Å². The molecule has 0 saturated carbocycles. The minimum Gasteiger partial charge on any atom is -0.315 e. The van der Waals surface area contributed by atoms with Gasteiger partial charge in [-0.25, -0.2) is 8.42 Å². The second-order valence-corrected chi connectivity index (χ2v) is 10.4. The van der Waals surface area contributed by atoms with E-state index in [1.54, 1.807) is 20.8 Å². The molecule has 0 aliphatic carbocycles. The first-order chi connectivity index (χ1) is 9.16. The number of hydrogen-bond donors (Lipinski definition) is 1. The summed E-state index contributed by atoms with van der Waals surface area (Å²) < 4.78 is 25.0. The van der Waals surface area contributed by atoms with E-state index in [2.05, 4.69) is 33.4 Å². The van der Waals surface area contributed by atoms with E-state index in [0.717, 1.165) is 17.6 Å². The van der Waals surface area contributed by atoms with E-state index >= 15 is 0 Å². The molecule has 0 atom stereocenters. The second kappa shape index (κ2) is 5.43. The maximum atomic E-state index is 12.3. The van der Waals surface area contributed by atoms with Gasteiger partial charge >= 0.3 is 0 Å². The van der Waals surface area contributed by atoms with Crippen LogP contribution in [0.1, 0.15) is 32.8 Å². The lowest BCUT2D eigenvalue weighted by atomic mass is 9.73. The molecule has 1 fully saturated rings. The lowest BCUT2D eigenvalue weighted by Gasteiger charge is -2.43. The highest BCUT2D eigenvalue weighted by atomic mass is 79.9. The van der Waals surface area contributed by atoms with Crippen molar-refractivity contribution in [1.82, 2.24) is 5.32 Å². The van der Waals surface area contributed by atoms with Crippen LogP contribution >= 0.6 is 15.9 Å². The SMILES string of the molecule is CC(C)(C)S(=O)(=O)CCC1(c2ccc(Br)cc2)CNC1. The van der Waals surface area contributed by atoms with Crippen LogP contribution in [-0.4, -0.2) is 32.0 Å².